The van der Waals surface area contributed by atoms with Crippen LogP contribution in [0.5, 0.6) is 0 Å². The first-order valence-corrected chi connectivity index (χ1v) is 9.98. The second kappa shape index (κ2) is 7.75. The van der Waals surface area contributed by atoms with Crippen LogP contribution < -0.4 is 10.6 Å². The molecule has 0 aromatic carbocycles. The summed E-state index contributed by atoms with van der Waals surface area (Å²) in [6.45, 7) is 4.31. The Balaban J connectivity index is 1.90. The molecule has 3 N–H and O–H groups in total. The van der Waals surface area contributed by atoms with Crippen LogP contribution in [0.4, 0.5) is 0 Å². The Morgan fingerprint density at radius 2 is 2.04 bits per heavy atom. The van der Waals surface area contributed by atoms with Gasteiger partial charge in [0.1, 0.15) is 11.6 Å². The van der Waals surface area contributed by atoms with Crippen molar-refractivity contribution in [3.63, 3.8) is 0 Å². The third-order valence-electron chi connectivity index (χ3n) is 6.09. The number of hydrogen-bond acceptors (Lipinski definition) is 5. The zero-order valence-corrected chi connectivity index (χ0v) is 16.4. The highest BCUT2D eigenvalue weighted by molar-refractivity contribution is 5.98. The molecule has 0 saturated carbocycles. The molecule has 3 saturated heterocycles. The van der Waals surface area contributed by atoms with Gasteiger partial charge in [-0.15, -0.1) is 0 Å². The van der Waals surface area contributed by atoms with Gasteiger partial charge in [0.15, 0.2) is 0 Å². The standard InChI is InChI=1S/C19H31N3O5/c1-11(2)21-17(25)15-19-8-7-12(27-19)13(16(24)20-3)14(19)18(26)22(15)9-5-4-6-10-23/h11-15,23H,4-10H2,1-3H3,(H,20,24)(H,21,25)/t12-,13+,14+,15?,19?/m1/s1. The number of carbonyl (C=O) groups is 3. The van der Waals surface area contributed by atoms with E-state index >= 15 is 0 Å². The second-order valence-electron chi connectivity index (χ2n) is 8.15. The Morgan fingerprint density at radius 1 is 1.30 bits per heavy atom. The number of hydrogen-bond donors (Lipinski definition) is 3. The number of likely N-dealkylation sites (tertiary alicyclic amines) is 1. The van der Waals surface area contributed by atoms with E-state index in [4.69, 9.17) is 9.84 Å². The van der Waals surface area contributed by atoms with Crippen molar-refractivity contribution < 1.29 is 24.2 Å². The van der Waals surface area contributed by atoms with Crippen LogP contribution in [0.3, 0.4) is 0 Å². The third-order valence-corrected chi connectivity index (χ3v) is 6.09. The van der Waals surface area contributed by atoms with Gasteiger partial charge in [-0.25, -0.2) is 0 Å². The fraction of sp³-hybridized carbons (Fsp3) is 0.842. The van der Waals surface area contributed by atoms with Crippen molar-refractivity contribution in [2.75, 3.05) is 20.2 Å². The minimum atomic E-state index is -0.908. The van der Waals surface area contributed by atoms with E-state index in [1.165, 1.54) is 0 Å². The van der Waals surface area contributed by atoms with Gasteiger partial charge in [-0.3, -0.25) is 14.4 Å². The van der Waals surface area contributed by atoms with E-state index in [9.17, 15) is 14.4 Å². The molecule has 0 radical (unpaired) electrons. The van der Waals surface area contributed by atoms with Crippen LogP contribution in [-0.2, 0) is 19.1 Å². The van der Waals surface area contributed by atoms with Crippen LogP contribution >= 0.6 is 0 Å². The van der Waals surface area contributed by atoms with E-state index in [2.05, 4.69) is 10.6 Å². The van der Waals surface area contributed by atoms with Crippen LogP contribution in [0.1, 0.15) is 46.0 Å². The Labute approximate surface area is 160 Å². The van der Waals surface area contributed by atoms with Crippen molar-refractivity contribution in [1.29, 1.82) is 0 Å². The summed E-state index contributed by atoms with van der Waals surface area (Å²) in [5, 5.41) is 14.6. The number of amides is 3. The molecule has 0 aromatic heterocycles. The lowest BCUT2D eigenvalue weighted by molar-refractivity contribution is -0.142. The Bertz CT molecular complexity index is 610. The van der Waals surface area contributed by atoms with Gasteiger partial charge in [-0.2, -0.15) is 0 Å². The average Bonchev–Trinajstić information content (AvgIpc) is 3.25. The molecule has 8 heteroatoms. The molecule has 1 spiro atoms. The lowest BCUT2D eigenvalue weighted by Gasteiger charge is -2.34. The Hall–Kier alpha value is -1.67. The van der Waals surface area contributed by atoms with Crippen molar-refractivity contribution in [3.05, 3.63) is 0 Å². The average molecular weight is 381 g/mol. The number of aliphatic hydroxyl groups excluding tert-OH is 1. The molecule has 27 heavy (non-hydrogen) atoms. The predicted octanol–water partition coefficient (Wildman–Crippen LogP) is -0.206. The molecular weight excluding hydrogens is 350 g/mol. The smallest absolute Gasteiger partial charge is 0.246 e. The molecule has 152 valence electrons. The van der Waals surface area contributed by atoms with Gasteiger partial charge in [0.25, 0.3) is 0 Å². The summed E-state index contributed by atoms with van der Waals surface area (Å²) in [6, 6.07) is -0.751. The maximum Gasteiger partial charge on any atom is 0.246 e. The highest BCUT2D eigenvalue weighted by Crippen LogP contribution is 2.58. The molecule has 2 unspecified atom stereocenters. The van der Waals surface area contributed by atoms with Crippen LogP contribution in [0.15, 0.2) is 0 Å². The minimum absolute atomic E-state index is 0.0485. The number of rotatable bonds is 8. The van der Waals surface area contributed by atoms with Crippen molar-refractivity contribution in [2.24, 2.45) is 11.8 Å². The number of unbranched alkanes of at least 4 members (excludes halogenated alkanes) is 2. The molecule has 3 fully saturated rings. The zero-order chi connectivity index (χ0) is 19.8. The van der Waals surface area contributed by atoms with Gasteiger partial charge in [0.2, 0.25) is 17.7 Å². The van der Waals surface area contributed by atoms with Crippen LogP contribution in [0.2, 0.25) is 0 Å². The van der Waals surface area contributed by atoms with Crippen molar-refractivity contribution in [3.8, 4) is 0 Å². The van der Waals surface area contributed by atoms with Crippen molar-refractivity contribution in [1.82, 2.24) is 15.5 Å². The SMILES string of the molecule is CNC(=O)[C@@H]1[C@H]2C(=O)N(CCCCCO)C(C(=O)NC(C)C)C23CC[C@H]1O3. The predicted molar refractivity (Wildman–Crippen MR) is 97.6 cm³/mol. The molecule has 3 aliphatic rings. The maximum absolute atomic E-state index is 13.3. The third kappa shape index (κ3) is 3.23. The summed E-state index contributed by atoms with van der Waals surface area (Å²) in [5.74, 6) is -1.69. The molecule has 2 bridgehead atoms. The van der Waals surface area contributed by atoms with E-state index in [1.54, 1.807) is 11.9 Å². The maximum atomic E-state index is 13.3. The number of aliphatic hydroxyl groups is 1. The Kier molecular flexibility index (Phi) is 5.76. The lowest BCUT2D eigenvalue weighted by atomic mass is 9.70. The number of ether oxygens (including phenoxy) is 1. The molecule has 8 nitrogen and oxygen atoms in total. The van der Waals surface area contributed by atoms with E-state index in [1.807, 2.05) is 13.8 Å². The fourth-order valence-corrected chi connectivity index (χ4v) is 5.10. The zero-order valence-electron chi connectivity index (χ0n) is 16.4. The monoisotopic (exact) mass is 381 g/mol. The molecule has 5 atom stereocenters. The quantitative estimate of drug-likeness (QED) is 0.505. The van der Waals surface area contributed by atoms with E-state index in [-0.39, 0.29) is 36.5 Å². The van der Waals surface area contributed by atoms with Gasteiger partial charge in [0, 0.05) is 26.2 Å². The van der Waals surface area contributed by atoms with E-state index in [0.29, 0.717) is 32.2 Å². The first-order chi connectivity index (χ1) is 12.9. The van der Waals surface area contributed by atoms with Crippen molar-refractivity contribution in [2.45, 2.75) is 69.7 Å². The highest BCUT2D eigenvalue weighted by Gasteiger charge is 2.74. The first kappa shape index (κ1) is 20.1. The molecule has 3 aliphatic heterocycles. The lowest BCUT2D eigenvalue weighted by Crippen LogP contribution is -2.56. The molecule has 3 amide bonds. The molecule has 3 heterocycles. The molecule has 3 rings (SSSR count). The van der Waals surface area contributed by atoms with Crippen LogP contribution in [0, 0.1) is 11.8 Å². The van der Waals surface area contributed by atoms with Gasteiger partial charge >= 0.3 is 0 Å². The fourth-order valence-electron chi connectivity index (χ4n) is 5.10. The number of nitrogens with zero attached hydrogens (tertiary/aromatic N) is 1. The summed E-state index contributed by atoms with van der Waals surface area (Å²) in [4.78, 5) is 40.4. The van der Waals surface area contributed by atoms with E-state index in [0.717, 1.165) is 6.42 Å². The van der Waals surface area contributed by atoms with Gasteiger partial charge in [0.05, 0.1) is 17.9 Å². The largest absolute Gasteiger partial charge is 0.396 e. The number of fused-ring (bicyclic) bond motifs is 1. The van der Waals surface area contributed by atoms with Gasteiger partial charge in [-0.1, -0.05) is 0 Å². The summed E-state index contributed by atoms with van der Waals surface area (Å²) in [7, 11) is 1.57. The minimum Gasteiger partial charge on any atom is -0.396 e. The Morgan fingerprint density at radius 3 is 2.67 bits per heavy atom. The van der Waals surface area contributed by atoms with Crippen molar-refractivity contribution >= 4 is 17.7 Å². The summed E-state index contributed by atoms with van der Waals surface area (Å²) >= 11 is 0. The second-order valence-corrected chi connectivity index (χ2v) is 8.15. The molecule has 0 aliphatic carbocycles. The van der Waals surface area contributed by atoms with Gasteiger partial charge < -0.3 is 25.4 Å². The topological polar surface area (TPSA) is 108 Å². The highest BCUT2D eigenvalue weighted by atomic mass is 16.5. The summed E-state index contributed by atoms with van der Waals surface area (Å²) in [5.41, 5.74) is -0.908. The summed E-state index contributed by atoms with van der Waals surface area (Å²) in [6.07, 6.45) is 3.15. The first-order valence-electron chi connectivity index (χ1n) is 9.98. The van der Waals surface area contributed by atoms with Gasteiger partial charge in [-0.05, 0) is 46.0 Å². The van der Waals surface area contributed by atoms with Crippen LogP contribution in [0.25, 0.3) is 0 Å². The number of nitrogens with one attached hydrogen (secondary N) is 2. The number of carbonyl (C=O) groups excluding carboxylic acids is 3. The van der Waals surface area contributed by atoms with Crippen LogP contribution in [-0.4, -0.2) is 71.7 Å². The molecule has 0 aromatic rings. The molecular formula is C19H31N3O5. The normalized spacial score (nSPS) is 34.3. The van der Waals surface area contributed by atoms with E-state index < -0.39 is 23.5 Å². The summed E-state index contributed by atoms with van der Waals surface area (Å²) < 4.78 is 6.24.